The standard InChI is InChI=1S/C15H18N2O3S/c1-11(9-10-21(2,19)20)16-15(18)14-8-7-12-5-3-4-6-13(12)17-14/h3-8,11H,9-10H2,1-2H3,(H,16,18). The molecule has 2 aromatic rings. The van der Waals surface area contributed by atoms with Crippen molar-refractivity contribution < 1.29 is 13.2 Å². The topological polar surface area (TPSA) is 76.1 Å². The minimum absolute atomic E-state index is 0.0552. The molecule has 112 valence electrons. The van der Waals surface area contributed by atoms with Crippen molar-refractivity contribution in [1.29, 1.82) is 0 Å². The number of benzene rings is 1. The third-order valence-electron chi connectivity index (χ3n) is 3.13. The van der Waals surface area contributed by atoms with Gasteiger partial charge in [0.2, 0.25) is 0 Å². The summed E-state index contributed by atoms with van der Waals surface area (Å²) in [6.45, 7) is 1.78. The average Bonchev–Trinajstić information content (AvgIpc) is 2.44. The molecule has 21 heavy (non-hydrogen) atoms. The van der Waals surface area contributed by atoms with Crippen molar-refractivity contribution in [2.45, 2.75) is 19.4 Å². The molecule has 1 heterocycles. The van der Waals surface area contributed by atoms with E-state index >= 15 is 0 Å². The summed E-state index contributed by atoms with van der Waals surface area (Å²) < 4.78 is 22.2. The van der Waals surface area contributed by atoms with Crippen LogP contribution in [0.5, 0.6) is 0 Å². The SMILES string of the molecule is CC(CCS(C)(=O)=O)NC(=O)c1ccc2ccccc2n1. The summed E-state index contributed by atoms with van der Waals surface area (Å²) in [5, 5.41) is 3.74. The van der Waals surface area contributed by atoms with Gasteiger partial charge in [-0.1, -0.05) is 24.3 Å². The number of nitrogens with one attached hydrogen (secondary N) is 1. The molecular formula is C15H18N2O3S. The van der Waals surface area contributed by atoms with Crippen LogP contribution in [0, 0.1) is 0 Å². The Bertz CT molecular complexity index is 756. The third-order valence-corrected chi connectivity index (χ3v) is 4.11. The van der Waals surface area contributed by atoms with Gasteiger partial charge >= 0.3 is 0 Å². The normalized spacial score (nSPS) is 13.0. The van der Waals surface area contributed by atoms with E-state index in [9.17, 15) is 13.2 Å². The monoisotopic (exact) mass is 306 g/mol. The first kappa shape index (κ1) is 15.4. The van der Waals surface area contributed by atoms with Crippen LogP contribution < -0.4 is 5.32 Å². The molecule has 1 N–H and O–H groups in total. The van der Waals surface area contributed by atoms with E-state index in [1.165, 1.54) is 6.26 Å². The number of amides is 1. The molecule has 1 amide bonds. The lowest BCUT2D eigenvalue weighted by Gasteiger charge is -2.13. The van der Waals surface area contributed by atoms with Crippen molar-refractivity contribution >= 4 is 26.6 Å². The van der Waals surface area contributed by atoms with E-state index < -0.39 is 9.84 Å². The van der Waals surface area contributed by atoms with Gasteiger partial charge in [-0.05, 0) is 25.5 Å². The molecule has 1 unspecified atom stereocenters. The second-order valence-electron chi connectivity index (χ2n) is 5.18. The van der Waals surface area contributed by atoms with Crippen LogP contribution in [0.4, 0.5) is 0 Å². The van der Waals surface area contributed by atoms with Gasteiger partial charge in [0.1, 0.15) is 15.5 Å². The lowest BCUT2D eigenvalue weighted by molar-refractivity contribution is 0.0934. The predicted octanol–water partition coefficient (Wildman–Crippen LogP) is 1.79. The van der Waals surface area contributed by atoms with Crippen LogP contribution >= 0.6 is 0 Å². The summed E-state index contributed by atoms with van der Waals surface area (Å²) >= 11 is 0. The van der Waals surface area contributed by atoms with Crippen LogP contribution in [-0.2, 0) is 9.84 Å². The van der Waals surface area contributed by atoms with E-state index in [1.807, 2.05) is 30.3 Å². The van der Waals surface area contributed by atoms with E-state index in [2.05, 4.69) is 10.3 Å². The fourth-order valence-electron chi connectivity index (χ4n) is 1.95. The maximum absolute atomic E-state index is 12.1. The van der Waals surface area contributed by atoms with E-state index in [1.54, 1.807) is 13.0 Å². The second kappa shape index (κ2) is 6.22. The Morgan fingerprint density at radius 2 is 1.95 bits per heavy atom. The Hall–Kier alpha value is -1.95. The highest BCUT2D eigenvalue weighted by molar-refractivity contribution is 7.90. The molecular weight excluding hydrogens is 288 g/mol. The van der Waals surface area contributed by atoms with Gasteiger partial charge in [-0.2, -0.15) is 0 Å². The quantitative estimate of drug-likeness (QED) is 0.913. The maximum atomic E-state index is 12.1. The first-order valence-electron chi connectivity index (χ1n) is 6.69. The molecule has 1 aromatic carbocycles. The van der Waals surface area contributed by atoms with Crippen LogP contribution in [0.1, 0.15) is 23.8 Å². The fourth-order valence-corrected chi connectivity index (χ4v) is 2.73. The molecule has 0 saturated carbocycles. The summed E-state index contributed by atoms with van der Waals surface area (Å²) in [7, 11) is -3.02. The molecule has 0 saturated heterocycles. The zero-order valence-corrected chi connectivity index (χ0v) is 12.9. The molecule has 0 bridgehead atoms. The van der Waals surface area contributed by atoms with E-state index in [4.69, 9.17) is 0 Å². The number of pyridine rings is 1. The number of sulfone groups is 1. The Morgan fingerprint density at radius 3 is 2.67 bits per heavy atom. The largest absolute Gasteiger partial charge is 0.348 e. The number of para-hydroxylation sites is 1. The molecule has 0 aliphatic carbocycles. The number of hydrogen-bond donors (Lipinski definition) is 1. The lowest BCUT2D eigenvalue weighted by atomic mass is 10.2. The van der Waals surface area contributed by atoms with Crippen LogP contribution in [0.2, 0.25) is 0 Å². The Kier molecular flexibility index (Phi) is 4.57. The van der Waals surface area contributed by atoms with Gasteiger partial charge in [0, 0.05) is 17.7 Å². The second-order valence-corrected chi connectivity index (χ2v) is 7.44. The number of aromatic nitrogens is 1. The van der Waals surface area contributed by atoms with Gasteiger partial charge in [-0.25, -0.2) is 13.4 Å². The van der Waals surface area contributed by atoms with Gasteiger partial charge < -0.3 is 5.32 Å². The third kappa shape index (κ3) is 4.53. The number of hydrogen-bond acceptors (Lipinski definition) is 4. The van der Waals surface area contributed by atoms with Gasteiger partial charge in [0.05, 0.1) is 11.3 Å². The molecule has 2 rings (SSSR count). The zero-order chi connectivity index (χ0) is 15.5. The van der Waals surface area contributed by atoms with Crippen molar-refractivity contribution in [3.63, 3.8) is 0 Å². The van der Waals surface area contributed by atoms with Gasteiger partial charge in [-0.15, -0.1) is 0 Å². The fraction of sp³-hybridized carbons (Fsp3) is 0.333. The van der Waals surface area contributed by atoms with Crippen LogP contribution in [0.25, 0.3) is 10.9 Å². The average molecular weight is 306 g/mol. The summed E-state index contributed by atoms with van der Waals surface area (Å²) in [6.07, 6.45) is 1.57. The van der Waals surface area contributed by atoms with E-state index in [0.717, 1.165) is 10.9 Å². The first-order chi connectivity index (χ1) is 9.85. The smallest absolute Gasteiger partial charge is 0.270 e. The zero-order valence-electron chi connectivity index (χ0n) is 12.0. The minimum atomic E-state index is -3.02. The summed E-state index contributed by atoms with van der Waals surface area (Å²) in [6, 6.07) is 10.8. The molecule has 0 aliphatic rings. The van der Waals surface area contributed by atoms with Crippen molar-refractivity contribution in [1.82, 2.24) is 10.3 Å². The van der Waals surface area contributed by atoms with Crippen molar-refractivity contribution in [2.24, 2.45) is 0 Å². The Labute approximate surface area is 124 Å². The highest BCUT2D eigenvalue weighted by Gasteiger charge is 2.13. The van der Waals surface area contributed by atoms with Crippen LogP contribution in [-0.4, -0.2) is 37.4 Å². The first-order valence-corrected chi connectivity index (χ1v) is 8.75. The Morgan fingerprint density at radius 1 is 1.24 bits per heavy atom. The molecule has 1 atom stereocenters. The highest BCUT2D eigenvalue weighted by atomic mass is 32.2. The number of carbonyl (C=O) groups is 1. The van der Waals surface area contributed by atoms with E-state index in [-0.39, 0.29) is 17.7 Å². The summed E-state index contributed by atoms with van der Waals surface area (Å²) in [5.74, 6) is -0.235. The molecule has 5 nitrogen and oxygen atoms in total. The number of carbonyl (C=O) groups excluding carboxylic acids is 1. The highest BCUT2D eigenvalue weighted by Crippen LogP contribution is 2.11. The molecule has 1 aromatic heterocycles. The maximum Gasteiger partial charge on any atom is 0.270 e. The summed E-state index contributed by atoms with van der Waals surface area (Å²) in [4.78, 5) is 16.4. The van der Waals surface area contributed by atoms with E-state index in [0.29, 0.717) is 12.1 Å². The minimum Gasteiger partial charge on any atom is -0.348 e. The Balaban J connectivity index is 2.04. The number of nitrogens with zero attached hydrogens (tertiary/aromatic N) is 1. The predicted molar refractivity (Wildman–Crippen MR) is 83.0 cm³/mol. The lowest BCUT2D eigenvalue weighted by Crippen LogP contribution is -2.34. The molecule has 0 radical (unpaired) electrons. The number of fused-ring (bicyclic) bond motifs is 1. The van der Waals surface area contributed by atoms with Crippen molar-refractivity contribution in [3.8, 4) is 0 Å². The van der Waals surface area contributed by atoms with Crippen molar-refractivity contribution in [2.75, 3.05) is 12.0 Å². The molecule has 0 aliphatic heterocycles. The molecule has 0 spiro atoms. The van der Waals surface area contributed by atoms with Crippen LogP contribution in [0.3, 0.4) is 0 Å². The van der Waals surface area contributed by atoms with Crippen LogP contribution in [0.15, 0.2) is 36.4 Å². The molecule has 6 heteroatoms. The van der Waals surface area contributed by atoms with Gasteiger partial charge in [0.15, 0.2) is 0 Å². The molecule has 0 fully saturated rings. The summed E-state index contributed by atoms with van der Waals surface area (Å²) in [5.41, 5.74) is 1.09. The van der Waals surface area contributed by atoms with Gasteiger partial charge in [-0.3, -0.25) is 4.79 Å². The van der Waals surface area contributed by atoms with Crippen molar-refractivity contribution in [3.05, 3.63) is 42.1 Å². The number of rotatable bonds is 5. The van der Waals surface area contributed by atoms with Gasteiger partial charge in [0.25, 0.3) is 5.91 Å².